The summed E-state index contributed by atoms with van der Waals surface area (Å²) in [5.74, 6) is -1.01. The Hall–Kier alpha value is -1.26. The molecule has 0 aliphatic heterocycles. The molecule has 0 aromatic heterocycles. The standard InChI is InChI=1S/C12H24N2O3/c1-7-8-9(2)13(5)11(17)14(6)12(3,4)10(15)16/h9H,7-8H2,1-6H3,(H,15,16). The number of carbonyl (C=O) groups is 2. The van der Waals surface area contributed by atoms with Crippen molar-refractivity contribution in [1.29, 1.82) is 0 Å². The summed E-state index contributed by atoms with van der Waals surface area (Å²) in [4.78, 5) is 26.0. The zero-order chi connectivity index (χ0) is 13.8. The first-order valence-electron chi connectivity index (χ1n) is 5.90. The van der Waals surface area contributed by atoms with Crippen molar-refractivity contribution in [3.8, 4) is 0 Å². The average Bonchev–Trinajstić information content (AvgIpc) is 2.25. The van der Waals surface area contributed by atoms with Crippen LogP contribution >= 0.6 is 0 Å². The van der Waals surface area contributed by atoms with Crippen LogP contribution in [0.2, 0.25) is 0 Å². The molecule has 0 saturated heterocycles. The highest BCUT2D eigenvalue weighted by Gasteiger charge is 2.37. The van der Waals surface area contributed by atoms with Crippen molar-refractivity contribution < 1.29 is 14.7 Å². The number of urea groups is 1. The molecule has 0 spiro atoms. The van der Waals surface area contributed by atoms with Gasteiger partial charge in [-0.05, 0) is 27.2 Å². The van der Waals surface area contributed by atoms with E-state index in [4.69, 9.17) is 5.11 Å². The summed E-state index contributed by atoms with van der Waals surface area (Å²) < 4.78 is 0. The van der Waals surface area contributed by atoms with Gasteiger partial charge in [-0.25, -0.2) is 9.59 Å². The van der Waals surface area contributed by atoms with E-state index in [0.717, 1.165) is 12.8 Å². The van der Waals surface area contributed by atoms with Crippen molar-refractivity contribution in [3.63, 3.8) is 0 Å². The van der Waals surface area contributed by atoms with Crippen molar-refractivity contribution in [1.82, 2.24) is 9.80 Å². The van der Waals surface area contributed by atoms with E-state index in [-0.39, 0.29) is 12.1 Å². The van der Waals surface area contributed by atoms with Crippen LogP contribution in [-0.2, 0) is 4.79 Å². The van der Waals surface area contributed by atoms with Crippen molar-refractivity contribution in [2.45, 2.75) is 52.1 Å². The number of rotatable bonds is 5. The summed E-state index contributed by atoms with van der Waals surface area (Å²) in [6.45, 7) is 7.06. The molecule has 0 bridgehead atoms. The van der Waals surface area contributed by atoms with Crippen LogP contribution in [0, 0.1) is 0 Å². The van der Waals surface area contributed by atoms with Gasteiger partial charge >= 0.3 is 12.0 Å². The lowest BCUT2D eigenvalue weighted by atomic mass is 10.0. The Kier molecular flexibility index (Phi) is 5.45. The predicted molar refractivity (Wildman–Crippen MR) is 67.0 cm³/mol. The number of likely N-dealkylation sites (N-methyl/N-ethyl adjacent to an activating group) is 1. The van der Waals surface area contributed by atoms with Crippen LogP contribution < -0.4 is 0 Å². The number of nitrogens with zero attached hydrogens (tertiary/aromatic N) is 2. The SMILES string of the molecule is CCCC(C)N(C)C(=O)N(C)C(C)(C)C(=O)O. The Morgan fingerprint density at radius 1 is 1.29 bits per heavy atom. The van der Waals surface area contributed by atoms with Crippen LogP contribution in [0.4, 0.5) is 4.79 Å². The quantitative estimate of drug-likeness (QED) is 0.805. The second-order valence-corrected chi connectivity index (χ2v) is 4.95. The largest absolute Gasteiger partial charge is 0.480 e. The van der Waals surface area contributed by atoms with Gasteiger partial charge in [0, 0.05) is 20.1 Å². The molecule has 0 aliphatic rings. The fraction of sp³-hybridized carbons (Fsp3) is 0.833. The number of carboxylic acid groups (broad SMARTS) is 1. The molecule has 1 atom stereocenters. The van der Waals surface area contributed by atoms with E-state index in [1.54, 1.807) is 11.9 Å². The number of carbonyl (C=O) groups excluding carboxylic acids is 1. The lowest BCUT2D eigenvalue weighted by Gasteiger charge is -2.36. The highest BCUT2D eigenvalue weighted by molar-refractivity contribution is 5.85. The molecule has 0 fully saturated rings. The average molecular weight is 244 g/mol. The van der Waals surface area contributed by atoms with Gasteiger partial charge in [0.25, 0.3) is 0 Å². The van der Waals surface area contributed by atoms with Crippen molar-refractivity contribution in [2.75, 3.05) is 14.1 Å². The molecular weight excluding hydrogens is 220 g/mol. The maximum absolute atomic E-state index is 12.1. The lowest BCUT2D eigenvalue weighted by molar-refractivity contribution is -0.147. The van der Waals surface area contributed by atoms with Crippen LogP contribution in [-0.4, -0.2) is 52.6 Å². The molecule has 0 aliphatic carbocycles. The molecule has 2 amide bonds. The molecule has 0 saturated carbocycles. The Morgan fingerprint density at radius 3 is 2.12 bits per heavy atom. The molecule has 5 nitrogen and oxygen atoms in total. The summed E-state index contributed by atoms with van der Waals surface area (Å²) in [6.07, 6.45) is 1.90. The van der Waals surface area contributed by atoms with Gasteiger partial charge in [-0.3, -0.25) is 0 Å². The number of hydrogen-bond acceptors (Lipinski definition) is 2. The minimum atomic E-state index is -1.20. The number of hydrogen-bond donors (Lipinski definition) is 1. The second-order valence-electron chi connectivity index (χ2n) is 4.95. The molecular formula is C12H24N2O3. The first-order valence-corrected chi connectivity index (χ1v) is 5.90. The van der Waals surface area contributed by atoms with E-state index in [1.165, 1.54) is 25.8 Å². The van der Waals surface area contributed by atoms with E-state index in [2.05, 4.69) is 6.92 Å². The summed E-state index contributed by atoms with van der Waals surface area (Å²) in [7, 11) is 3.22. The molecule has 100 valence electrons. The molecule has 0 aromatic carbocycles. The van der Waals surface area contributed by atoms with Gasteiger partial charge in [0.2, 0.25) is 0 Å². The smallest absolute Gasteiger partial charge is 0.329 e. The zero-order valence-corrected chi connectivity index (χ0v) is 11.6. The van der Waals surface area contributed by atoms with Crippen molar-refractivity contribution >= 4 is 12.0 Å². The van der Waals surface area contributed by atoms with Gasteiger partial charge in [-0.15, -0.1) is 0 Å². The van der Waals surface area contributed by atoms with Crippen molar-refractivity contribution in [2.24, 2.45) is 0 Å². The van der Waals surface area contributed by atoms with Gasteiger partial charge in [0.1, 0.15) is 5.54 Å². The predicted octanol–water partition coefficient (Wildman–Crippen LogP) is 2.02. The molecule has 1 N–H and O–H groups in total. The van der Waals surface area contributed by atoms with Gasteiger partial charge in [-0.2, -0.15) is 0 Å². The fourth-order valence-corrected chi connectivity index (χ4v) is 1.42. The number of carboxylic acids is 1. The van der Waals surface area contributed by atoms with Gasteiger partial charge in [0.15, 0.2) is 0 Å². The molecule has 5 heteroatoms. The second kappa shape index (κ2) is 5.89. The van der Waals surface area contributed by atoms with Gasteiger partial charge in [0.05, 0.1) is 0 Å². The lowest BCUT2D eigenvalue weighted by Crippen LogP contribution is -2.55. The minimum Gasteiger partial charge on any atom is -0.480 e. The molecule has 0 aromatic rings. The Balaban J connectivity index is 4.76. The first-order chi connectivity index (χ1) is 7.66. The van der Waals surface area contributed by atoms with E-state index >= 15 is 0 Å². The zero-order valence-electron chi connectivity index (χ0n) is 11.6. The molecule has 17 heavy (non-hydrogen) atoms. The monoisotopic (exact) mass is 244 g/mol. The maximum Gasteiger partial charge on any atom is 0.329 e. The molecule has 0 radical (unpaired) electrons. The molecule has 0 rings (SSSR count). The Labute approximate surface area is 103 Å². The Morgan fingerprint density at radius 2 is 1.76 bits per heavy atom. The minimum absolute atomic E-state index is 0.111. The number of aliphatic carboxylic acids is 1. The van der Waals surface area contributed by atoms with Gasteiger partial charge in [-0.1, -0.05) is 13.3 Å². The van der Waals surface area contributed by atoms with Crippen LogP contribution in [0.25, 0.3) is 0 Å². The van der Waals surface area contributed by atoms with E-state index in [1.807, 2.05) is 6.92 Å². The van der Waals surface area contributed by atoms with E-state index in [0.29, 0.717) is 0 Å². The summed E-state index contributed by atoms with van der Waals surface area (Å²) in [5.41, 5.74) is -1.20. The topological polar surface area (TPSA) is 60.9 Å². The Bertz CT molecular complexity index is 289. The third-order valence-electron chi connectivity index (χ3n) is 3.32. The maximum atomic E-state index is 12.1. The summed E-state index contributed by atoms with van der Waals surface area (Å²) in [5, 5.41) is 9.07. The van der Waals surface area contributed by atoms with Crippen molar-refractivity contribution in [3.05, 3.63) is 0 Å². The normalized spacial score (nSPS) is 13.1. The van der Waals surface area contributed by atoms with Gasteiger partial charge < -0.3 is 14.9 Å². The summed E-state index contributed by atoms with van der Waals surface area (Å²) >= 11 is 0. The fourth-order valence-electron chi connectivity index (χ4n) is 1.42. The molecule has 1 unspecified atom stereocenters. The number of amides is 2. The summed E-state index contributed by atoms with van der Waals surface area (Å²) in [6, 6.07) is -0.155. The van der Waals surface area contributed by atoms with E-state index in [9.17, 15) is 9.59 Å². The first kappa shape index (κ1) is 15.7. The highest BCUT2D eigenvalue weighted by atomic mass is 16.4. The van der Waals surface area contributed by atoms with Crippen LogP contribution in [0.3, 0.4) is 0 Å². The highest BCUT2D eigenvalue weighted by Crippen LogP contribution is 2.16. The van der Waals surface area contributed by atoms with Crippen LogP contribution in [0.5, 0.6) is 0 Å². The molecule has 0 heterocycles. The third kappa shape index (κ3) is 3.61. The third-order valence-corrected chi connectivity index (χ3v) is 3.32. The van der Waals surface area contributed by atoms with E-state index < -0.39 is 11.5 Å². The van der Waals surface area contributed by atoms with Crippen LogP contribution in [0.1, 0.15) is 40.5 Å². The van der Waals surface area contributed by atoms with Crippen LogP contribution in [0.15, 0.2) is 0 Å².